The molecule has 0 aromatic heterocycles. The molecule has 0 fully saturated rings. The van der Waals surface area contributed by atoms with Crippen molar-refractivity contribution >= 4 is 23.1 Å². The summed E-state index contributed by atoms with van der Waals surface area (Å²) in [6.45, 7) is 11.3. The molecule has 204 valence electrons. The number of hydrogen-bond donors (Lipinski definition) is 1. The molecule has 0 spiro atoms. The van der Waals surface area contributed by atoms with Crippen molar-refractivity contribution in [1.82, 2.24) is 0 Å². The summed E-state index contributed by atoms with van der Waals surface area (Å²) in [5.41, 5.74) is 4.11. The molecule has 1 aliphatic carbocycles. The first-order valence-electron chi connectivity index (χ1n) is 14.5. The highest BCUT2D eigenvalue weighted by Gasteiger charge is 2.44. The molecule has 0 bridgehead atoms. The van der Waals surface area contributed by atoms with Crippen molar-refractivity contribution in [3.63, 3.8) is 0 Å². The molecule has 0 radical (unpaired) electrons. The minimum atomic E-state index is -0.511. The minimum absolute atomic E-state index is 0.0869. The van der Waals surface area contributed by atoms with Crippen LogP contribution in [-0.4, -0.2) is 18.3 Å². The van der Waals surface area contributed by atoms with Gasteiger partial charge in [0.05, 0.1) is 24.0 Å². The zero-order valence-corrected chi connectivity index (χ0v) is 23.8. The number of unbranched alkanes of at least 4 members (excludes halogenated alkanes) is 2. The molecule has 1 aliphatic heterocycles. The van der Waals surface area contributed by atoms with Crippen LogP contribution in [0.15, 0.2) is 59.8 Å². The zero-order chi connectivity index (χ0) is 27.3. The van der Waals surface area contributed by atoms with Crippen LogP contribution in [0.4, 0.5) is 11.4 Å². The third-order valence-electron chi connectivity index (χ3n) is 7.83. The van der Waals surface area contributed by atoms with Crippen LogP contribution in [0.2, 0.25) is 0 Å². The summed E-state index contributed by atoms with van der Waals surface area (Å²) in [5, 5.41) is 3.62. The SMILES string of the molecule is CCCCOc1cccc([C@H]2C3=C(CC(C)(C)CC3=O)Nc3ccccc3N2C(=O)[C@@H](CC)CCCC)c1. The van der Waals surface area contributed by atoms with E-state index >= 15 is 0 Å². The highest BCUT2D eigenvalue weighted by Crippen LogP contribution is 2.49. The Morgan fingerprint density at radius 2 is 1.82 bits per heavy atom. The summed E-state index contributed by atoms with van der Waals surface area (Å²) in [5.74, 6) is 0.867. The molecule has 2 aromatic rings. The predicted octanol–water partition coefficient (Wildman–Crippen LogP) is 8.22. The van der Waals surface area contributed by atoms with E-state index in [2.05, 4.69) is 39.9 Å². The van der Waals surface area contributed by atoms with Gasteiger partial charge in [-0.1, -0.05) is 78.1 Å². The molecule has 0 unspecified atom stereocenters. The number of Topliss-reactive ketones (excluding diaryl/α,β-unsaturated/α-hetero) is 1. The second kappa shape index (κ2) is 12.2. The lowest BCUT2D eigenvalue weighted by Gasteiger charge is -2.38. The highest BCUT2D eigenvalue weighted by molar-refractivity contribution is 6.06. The summed E-state index contributed by atoms with van der Waals surface area (Å²) in [6.07, 6.45) is 6.92. The Labute approximate surface area is 228 Å². The third kappa shape index (κ3) is 5.98. The number of ether oxygens (including phenoxy) is 1. The summed E-state index contributed by atoms with van der Waals surface area (Å²) in [6, 6.07) is 15.5. The van der Waals surface area contributed by atoms with Crippen LogP contribution in [0, 0.1) is 11.3 Å². The van der Waals surface area contributed by atoms with Crippen LogP contribution >= 0.6 is 0 Å². The molecule has 5 heteroatoms. The van der Waals surface area contributed by atoms with Crippen LogP contribution in [0.5, 0.6) is 5.75 Å². The largest absolute Gasteiger partial charge is 0.494 e. The molecule has 5 nitrogen and oxygen atoms in total. The fourth-order valence-electron chi connectivity index (χ4n) is 5.80. The number of carbonyl (C=O) groups is 2. The molecule has 1 amide bonds. The van der Waals surface area contributed by atoms with E-state index in [0.717, 1.165) is 73.3 Å². The van der Waals surface area contributed by atoms with Crippen molar-refractivity contribution in [2.75, 3.05) is 16.8 Å². The van der Waals surface area contributed by atoms with Crippen molar-refractivity contribution < 1.29 is 14.3 Å². The van der Waals surface area contributed by atoms with Crippen LogP contribution < -0.4 is 15.0 Å². The van der Waals surface area contributed by atoms with E-state index in [1.54, 1.807) is 0 Å². The average molecular weight is 517 g/mol. The van der Waals surface area contributed by atoms with Gasteiger partial charge in [-0.25, -0.2) is 0 Å². The molecule has 2 aromatic carbocycles. The Morgan fingerprint density at radius 3 is 2.55 bits per heavy atom. The Morgan fingerprint density at radius 1 is 1.05 bits per heavy atom. The van der Waals surface area contributed by atoms with Gasteiger partial charge < -0.3 is 10.1 Å². The smallest absolute Gasteiger partial charge is 0.231 e. The first kappa shape index (κ1) is 27.9. The van der Waals surface area contributed by atoms with Gasteiger partial charge >= 0.3 is 0 Å². The fraction of sp³-hybridized carbons (Fsp3) is 0.515. The lowest BCUT2D eigenvalue weighted by molar-refractivity contribution is -0.123. The number of nitrogens with zero attached hydrogens (tertiary/aromatic N) is 1. The van der Waals surface area contributed by atoms with E-state index in [9.17, 15) is 9.59 Å². The number of amides is 1. The maximum atomic E-state index is 14.5. The van der Waals surface area contributed by atoms with Gasteiger partial charge in [-0.3, -0.25) is 14.5 Å². The number of allylic oxidation sites excluding steroid dienone is 1. The molecule has 2 atom stereocenters. The van der Waals surface area contributed by atoms with Gasteiger partial charge in [0.1, 0.15) is 5.75 Å². The summed E-state index contributed by atoms with van der Waals surface area (Å²) in [4.78, 5) is 30.3. The first-order chi connectivity index (χ1) is 18.3. The Kier molecular flexibility index (Phi) is 8.96. The average Bonchev–Trinajstić information content (AvgIpc) is 3.03. The van der Waals surface area contributed by atoms with Crippen LogP contribution in [0.1, 0.15) is 97.6 Å². The van der Waals surface area contributed by atoms with Gasteiger partial charge in [-0.05, 0) is 60.9 Å². The molecular formula is C33H44N2O3. The molecule has 1 heterocycles. The monoisotopic (exact) mass is 516 g/mol. The lowest BCUT2D eigenvalue weighted by atomic mass is 9.73. The van der Waals surface area contributed by atoms with Crippen molar-refractivity contribution in [3.05, 3.63) is 65.4 Å². The normalized spacial score (nSPS) is 19.2. The quantitative estimate of drug-likeness (QED) is 0.323. The minimum Gasteiger partial charge on any atom is -0.494 e. The second-order valence-corrected chi connectivity index (χ2v) is 11.6. The maximum Gasteiger partial charge on any atom is 0.231 e. The Hall–Kier alpha value is -3.08. The molecule has 0 saturated carbocycles. The summed E-state index contributed by atoms with van der Waals surface area (Å²) in [7, 11) is 0. The maximum absolute atomic E-state index is 14.5. The van der Waals surface area contributed by atoms with Crippen molar-refractivity contribution in [2.45, 2.75) is 92.0 Å². The first-order valence-corrected chi connectivity index (χ1v) is 14.5. The molecular weight excluding hydrogens is 472 g/mol. The molecule has 1 N–H and O–H groups in total. The van der Waals surface area contributed by atoms with Crippen LogP contribution in [0.3, 0.4) is 0 Å². The lowest BCUT2D eigenvalue weighted by Crippen LogP contribution is -2.42. The number of rotatable bonds is 10. The summed E-state index contributed by atoms with van der Waals surface area (Å²) < 4.78 is 6.07. The van der Waals surface area contributed by atoms with Crippen LogP contribution in [0.25, 0.3) is 0 Å². The number of benzene rings is 2. The van der Waals surface area contributed by atoms with Crippen molar-refractivity contribution in [2.24, 2.45) is 11.3 Å². The van der Waals surface area contributed by atoms with E-state index in [0.29, 0.717) is 18.6 Å². The standard InChI is InChI=1S/C33H44N2O3/c1-6-9-14-23(8-3)32(37)35-28-18-12-11-17-26(28)34-27-21-33(4,5)22-29(36)30(27)31(35)24-15-13-16-25(20-24)38-19-10-7-2/h11-13,15-18,20,23,31,34H,6-10,14,19,21-22H2,1-5H3/t23-,31-/m0/s1. The van der Waals surface area contributed by atoms with Gasteiger partial charge in [-0.2, -0.15) is 0 Å². The summed E-state index contributed by atoms with van der Waals surface area (Å²) >= 11 is 0. The van der Waals surface area contributed by atoms with Crippen molar-refractivity contribution in [3.8, 4) is 5.75 Å². The van der Waals surface area contributed by atoms with E-state index in [1.807, 2.05) is 53.4 Å². The highest BCUT2D eigenvalue weighted by atomic mass is 16.5. The Balaban J connectivity index is 1.92. The number of hydrogen-bond acceptors (Lipinski definition) is 4. The van der Waals surface area contributed by atoms with Gasteiger partial charge in [-0.15, -0.1) is 0 Å². The molecule has 38 heavy (non-hydrogen) atoms. The van der Waals surface area contributed by atoms with Gasteiger partial charge in [0.15, 0.2) is 5.78 Å². The van der Waals surface area contributed by atoms with Gasteiger partial charge in [0.25, 0.3) is 0 Å². The van der Waals surface area contributed by atoms with Crippen molar-refractivity contribution in [1.29, 1.82) is 0 Å². The number of nitrogens with one attached hydrogen (secondary N) is 1. The van der Waals surface area contributed by atoms with Gasteiger partial charge in [0.2, 0.25) is 5.91 Å². The Bertz CT molecular complexity index is 1180. The number of fused-ring (bicyclic) bond motifs is 1. The zero-order valence-electron chi connectivity index (χ0n) is 23.8. The topological polar surface area (TPSA) is 58.6 Å². The molecule has 2 aliphatic rings. The van der Waals surface area contributed by atoms with E-state index < -0.39 is 6.04 Å². The predicted molar refractivity (Wildman–Crippen MR) is 155 cm³/mol. The van der Waals surface area contributed by atoms with E-state index in [1.165, 1.54) is 0 Å². The third-order valence-corrected chi connectivity index (χ3v) is 7.83. The second-order valence-electron chi connectivity index (χ2n) is 11.6. The fourth-order valence-corrected chi connectivity index (χ4v) is 5.80. The number of carbonyl (C=O) groups excluding carboxylic acids is 2. The van der Waals surface area contributed by atoms with E-state index in [-0.39, 0.29) is 23.0 Å². The number of anilines is 2. The number of para-hydroxylation sites is 2. The molecule has 0 saturated heterocycles. The van der Waals surface area contributed by atoms with Gasteiger partial charge in [0, 0.05) is 23.6 Å². The number of ketones is 1. The van der Waals surface area contributed by atoms with E-state index in [4.69, 9.17) is 4.74 Å². The van der Waals surface area contributed by atoms with Crippen LogP contribution in [-0.2, 0) is 9.59 Å². The molecule has 4 rings (SSSR count).